The van der Waals surface area contributed by atoms with E-state index in [1.165, 1.54) is 6.07 Å². The Bertz CT molecular complexity index is 1030. The van der Waals surface area contributed by atoms with Crippen molar-refractivity contribution in [3.8, 4) is 0 Å². The number of nitrogens with one attached hydrogen (secondary N) is 2. The molecule has 1 saturated heterocycles. The highest BCUT2D eigenvalue weighted by atomic mass is 35.5. The summed E-state index contributed by atoms with van der Waals surface area (Å²) in [7, 11) is -8.15. The number of piperidine rings is 1. The zero-order valence-electron chi connectivity index (χ0n) is 15.8. The van der Waals surface area contributed by atoms with E-state index >= 15 is 0 Å². The lowest BCUT2D eigenvalue weighted by atomic mass is 9.94. The first kappa shape index (κ1) is 23.0. The predicted octanol–water partition coefficient (Wildman–Crippen LogP) is 0.328. The molecule has 2 aliphatic heterocycles. The fraction of sp³-hybridized carbons (Fsp3) is 0.600. The molecule has 4 N–H and O–H groups in total. The quantitative estimate of drug-likeness (QED) is 0.364. The van der Waals surface area contributed by atoms with Gasteiger partial charge < -0.3 is 10.2 Å². The number of benzene rings is 1. The number of hydrogen-bond donors (Lipinski definition) is 3. The zero-order chi connectivity index (χ0) is 22.1. The average Bonchev–Trinajstić information content (AvgIpc) is 2.60. The van der Waals surface area contributed by atoms with Crippen molar-refractivity contribution in [2.45, 2.75) is 35.2 Å². The predicted molar refractivity (Wildman–Crippen MR) is 107 cm³/mol. The van der Waals surface area contributed by atoms with E-state index in [-0.39, 0.29) is 22.2 Å². The molecule has 3 rings (SSSR count). The Balaban J connectivity index is 1.63. The Hall–Kier alpha value is -1.71. The van der Waals surface area contributed by atoms with Gasteiger partial charge in [-0.1, -0.05) is 11.6 Å². The van der Waals surface area contributed by atoms with E-state index < -0.39 is 36.2 Å². The number of likely N-dealkylation sites (tertiary alicyclic amines) is 1. The molecule has 168 valence electrons. The largest absolute Gasteiger partial charge is 0.367 e. The second-order valence-corrected chi connectivity index (χ2v) is 10.9. The van der Waals surface area contributed by atoms with Crippen LogP contribution in [0.4, 0.5) is 5.69 Å². The second-order valence-electron chi connectivity index (χ2n) is 7.23. The van der Waals surface area contributed by atoms with Crippen molar-refractivity contribution in [1.29, 1.82) is 0 Å². The van der Waals surface area contributed by atoms with E-state index in [1.807, 2.05) is 0 Å². The standard InChI is InChI=1S/C15H22ClN5O7S2/c16-11-7-12-14(8-13(11)29(17,24)25)30(26,27)19-15(18-12)9-20-4-1-10(2-5-20)3-6-28-21(22)23/h7-8,10,15,18-19H,1-6,9H2,(H2,17,24,25). The molecule has 1 aromatic carbocycles. The van der Waals surface area contributed by atoms with E-state index in [0.717, 1.165) is 18.9 Å². The summed E-state index contributed by atoms with van der Waals surface area (Å²) in [5.41, 5.74) is 0.197. The molecule has 0 saturated carbocycles. The van der Waals surface area contributed by atoms with Crippen LogP contribution in [-0.4, -0.2) is 59.2 Å². The van der Waals surface area contributed by atoms with Gasteiger partial charge >= 0.3 is 0 Å². The van der Waals surface area contributed by atoms with E-state index in [0.29, 0.717) is 32.0 Å². The molecule has 0 spiro atoms. The van der Waals surface area contributed by atoms with Crippen molar-refractivity contribution >= 4 is 37.3 Å². The number of sulfonamides is 2. The number of hydrogen-bond acceptors (Lipinski definition) is 9. The second kappa shape index (κ2) is 8.80. The molecule has 0 amide bonds. The van der Waals surface area contributed by atoms with Gasteiger partial charge in [0.25, 0.3) is 5.09 Å². The molecule has 30 heavy (non-hydrogen) atoms. The number of anilines is 1. The number of rotatable bonds is 7. The van der Waals surface area contributed by atoms with Crippen molar-refractivity contribution in [2.24, 2.45) is 11.1 Å². The third-order valence-corrected chi connectivity index (χ3v) is 8.02. The monoisotopic (exact) mass is 483 g/mol. The van der Waals surface area contributed by atoms with Gasteiger partial charge in [-0.15, -0.1) is 10.1 Å². The molecule has 0 radical (unpaired) electrons. The minimum Gasteiger partial charge on any atom is -0.367 e. The van der Waals surface area contributed by atoms with Crippen LogP contribution < -0.4 is 15.2 Å². The Kier molecular flexibility index (Phi) is 6.74. The topological polar surface area (TPSA) is 174 Å². The van der Waals surface area contributed by atoms with Crippen LogP contribution in [0.3, 0.4) is 0 Å². The van der Waals surface area contributed by atoms with E-state index in [4.69, 9.17) is 16.7 Å². The van der Waals surface area contributed by atoms with Crippen LogP contribution in [0.5, 0.6) is 0 Å². The Morgan fingerprint density at radius 3 is 2.60 bits per heavy atom. The summed E-state index contributed by atoms with van der Waals surface area (Å²) >= 11 is 5.98. The summed E-state index contributed by atoms with van der Waals surface area (Å²) in [6.45, 7) is 1.87. The van der Waals surface area contributed by atoms with Crippen LogP contribution in [0.25, 0.3) is 0 Å². The SMILES string of the molecule is NS(=O)(=O)c1cc2c(cc1Cl)NC(CN1CCC(CCO[N+](=O)[O-])CC1)NS2(=O)=O. The van der Waals surface area contributed by atoms with Gasteiger partial charge in [0.1, 0.15) is 16.0 Å². The number of fused-ring (bicyclic) bond motifs is 1. The number of nitrogens with two attached hydrogens (primary N) is 1. The van der Waals surface area contributed by atoms with Crippen molar-refractivity contribution in [2.75, 3.05) is 31.6 Å². The van der Waals surface area contributed by atoms with Gasteiger partial charge in [-0.2, -0.15) is 4.72 Å². The summed E-state index contributed by atoms with van der Waals surface area (Å²) in [5, 5.41) is 17.4. The van der Waals surface area contributed by atoms with Crippen LogP contribution in [0, 0.1) is 16.0 Å². The summed E-state index contributed by atoms with van der Waals surface area (Å²) < 4.78 is 51.0. The third kappa shape index (κ3) is 5.50. The third-order valence-electron chi connectivity index (χ3n) is 5.13. The van der Waals surface area contributed by atoms with Crippen molar-refractivity contribution in [3.63, 3.8) is 0 Å². The number of halogens is 1. The van der Waals surface area contributed by atoms with Gasteiger partial charge in [0, 0.05) is 6.54 Å². The first-order valence-electron chi connectivity index (χ1n) is 9.10. The van der Waals surface area contributed by atoms with E-state index in [2.05, 4.69) is 19.8 Å². The lowest BCUT2D eigenvalue weighted by Crippen LogP contribution is -2.52. The van der Waals surface area contributed by atoms with Gasteiger partial charge in [-0.3, -0.25) is 4.90 Å². The molecule has 12 nitrogen and oxygen atoms in total. The minimum atomic E-state index is -4.18. The molecular formula is C15H22ClN5O7S2. The molecule has 1 unspecified atom stereocenters. The van der Waals surface area contributed by atoms with Crippen LogP contribution in [0.1, 0.15) is 19.3 Å². The normalized spacial score (nSPS) is 22.1. The van der Waals surface area contributed by atoms with Crippen LogP contribution in [0.2, 0.25) is 5.02 Å². The van der Waals surface area contributed by atoms with Gasteiger partial charge in [-0.25, -0.2) is 22.0 Å². The Labute approximate surface area is 178 Å². The maximum absolute atomic E-state index is 12.6. The van der Waals surface area contributed by atoms with Crippen molar-refractivity contribution in [3.05, 3.63) is 27.3 Å². The van der Waals surface area contributed by atoms with Gasteiger partial charge in [-0.05, 0) is 50.4 Å². The molecule has 0 aliphatic carbocycles. The summed E-state index contributed by atoms with van der Waals surface area (Å²) in [6, 6.07) is 2.18. The highest BCUT2D eigenvalue weighted by Gasteiger charge is 2.33. The highest BCUT2D eigenvalue weighted by molar-refractivity contribution is 7.90. The van der Waals surface area contributed by atoms with Gasteiger partial charge in [0.05, 0.1) is 17.3 Å². The van der Waals surface area contributed by atoms with Crippen molar-refractivity contribution in [1.82, 2.24) is 9.62 Å². The highest BCUT2D eigenvalue weighted by Crippen LogP contribution is 2.33. The van der Waals surface area contributed by atoms with Gasteiger partial charge in [0.15, 0.2) is 0 Å². The minimum absolute atomic E-state index is 0.0691. The molecular weight excluding hydrogens is 462 g/mol. The van der Waals surface area contributed by atoms with Crippen LogP contribution in [-0.2, 0) is 24.9 Å². The smallest absolute Gasteiger partial charge is 0.294 e. The number of nitrogens with zero attached hydrogens (tertiary/aromatic N) is 2. The molecule has 2 heterocycles. The first-order valence-corrected chi connectivity index (χ1v) is 12.5. The molecule has 1 atom stereocenters. The fourth-order valence-electron chi connectivity index (χ4n) is 3.65. The molecule has 0 aromatic heterocycles. The fourth-order valence-corrected chi connectivity index (χ4v) is 6.14. The maximum Gasteiger partial charge on any atom is 0.294 e. The van der Waals surface area contributed by atoms with Crippen LogP contribution in [0.15, 0.2) is 21.9 Å². The molecule has 1 aromatic rings. The van der Waals surface area contributed by atoms with Crippen LogP contribution >= 0.6 is 11.6 Å². The molecule has 2 aliphatic rings. The Morgan fingerprint density at radius 2 is 2.00 bits per heavy atom. The zero-order valence-corrected chi connectivity index (χ0v) is 18.2. The first-order chi connectivity index (χ1) is 14.0. The van der Waals surface area contributed by atoms with E-state index in [9.17, 15) is 26.9 Å². The molecule has 0 bridgehead atoms. The summed E-state index contributed by atoms with van der Waals surface area (Å²) in [4.78, 5) is 15.9. The van der Waals surface area contributed by atoms with Crippen molar-refractivity contribution < 1.29 is 26.8 Å². The van der Waals surface area contributed by atoms with Gasteiger partial charge in [0.2, 0.25) is 20.0 Å². The molecule has 15 heteroatoms. The molecule has 1 fully saturated rings. The number of primary sulfonamides is 1. The van der Waals surface area contributed by atoms with E-state index in [1.54, 1.807) is 0 Å². The Morgan fingerprint density at radius 1 is 1.33 bits per heavy atom. The summed E-state index contributed by atoms with van der Waals surface area (Å²) in [6.07, 6.45) is 1.61. The maximum atomic E-state index is 12.6. The lowest BCUT2D eigenvalue weighted by molar-refractivity contribution is -0.758. The average molecular weight is 484 g/mol. The lowest BCUT2D eigenvalue weighted by Gasteiger charge is -2.36. The summed E-state index contributed by atoms with van der Waals surface area (Å²) in [5.74, 6) is 0.313.